The van der Waals surface area contributed by atoms with E-state index < -0.39 is 0 Å². The van der Waals surface area contributed by atoms with Crippen LogP contribution < -0.4 is 4.90 Å². The minimum absolute atomic E-state index is 0.126. The normalized spacial score (nSPS) is 11.5. The fraction of sp³-hybridized carbons (Fsp3) is 0.167. The lowest BCUT2D eigenvalue weighted by molar-refractivity contribution is 0.0994. The van der Waals surface area contributed by atoms with Gasteiger partial charge in [0.05, 0.1) is 33.1 Å². The van der Waals surface area contributed by atoms with Crippen molar-refractivity contribution in [3.8, 4) is 11.3 Å². The van der Waals surface area contributed by atoms with Gasteiger partial charge in [-0.25, -0.2) is 14.6 Å². The van der Waals surface area contributed by atoms with E-state index >= 15 is 0 Å². The van der Waals surface area contributed by atoms with Crippen LogP contribution in [-0.2, 0) is 0 Å². The molecule has 0 bridgehead atoms. The molecule has 154 valence electrons. The number of benzene rings is 2. The second kappa shape index (κ2) is 7.59. The summed E-state index contributed by atoms with van der Waals surface area (Å²) < 4.78 is 2.91. The zero-order valence-corrected chi connectivity index (χ0v) is 18.3. The van der Waals surface area contributed by atoms with E-state index in [1.165, 1.54) is 11.3 Å². The van der Waals surface area contributed by atoms with Gasteiger partial charge in [-0.05, 0) is 32.0 Å². The molecule has 0 unspecified atom stereocenters. The number of anilines is 1. The van der Waals surface area contributed by atoms with Gasteiger partial charge < -0.3 is 0 Å². The van der Waals surface area contributed by atoms with E-state index in [0.29, 0.717) is 16.3 Å². The average molecular weight is 428 g/mol. The van der Waals surface area contributed by atoms with Crippen molar-refractivity contribution >= 4 is 43.6 Å². The minimum Gasteiger partial charge on any atom is -0.287 e. The standard InChI is InChI=1S/C24H21N5OS/c1-15(2)29-22-18(14-25-29)17(13-20(26-22)16-9-5-4-6-10-16)23(30)28(3)24-27-19-11-7-8-12-21(19)31-24/h4-15H,1-3H3. The third kappa shape index (κ3) is 3.37. The molecule has 7 heteroatoms. The van der Waals surface area contributed by atoms with Crippen molar-refractivity contribution in [3.05, 3.63) is 72.4 Å². The van der Waals surface area contributed by atoms with Gasteiger partial charge in [-0.2, -0.15) is 5.10 Å². The van der Waals surface area contributed by atoms with E-state index in [1.807, 2.05) is 65.3 Å². The van der Waals surface area contributed by atoms with Crippen molar-refractivity contribution in [1.82, 2.24) is 19.7 Å². The maximum atomic E-state index is 13.6. The van der Waals surface area contributed by atoms with Crippen molar-refractivity contribution < 1.29 is 4.79 Å². The van der Waals surface area contributed by atoms with E-state index in [2.05, 4.69) is 23.9 Å². The number of aromatic nitrogens is 4. The van der Waals surface area contributed by atoms with Crippen LogP contribution in [-0.4, -0.2) is 32.7 Å². The number of hydrogen-bond donors (Lipinski definition) is 0. The molecule has 5 aromatic rings. The van der Waals surface area contributed by atoms with Crippen molar-refractivity contribution in [2.45, 2.75) is 19.9 Å². The Labute approximate surface area is 183 Å². The zero-order chi connectivity index (χ0) is 21.5. The van der Waals surface area contributed by atoms with E-state index in [-0.39, 0.29) is 11.9 Å². The molecule has 0 saturated carbocycles. The third-order valence-corrected chi connectivity index (χ3v) is 6.34. The van der Waals surface area contributed by atoms with E-state index in [0.717, 1.165) is 26.9 Å². The predicted octanol–water partition coefficient (Wildman–Crippen LogP) is 5.57. The Kier molecular flexibility index (Phi) is 4.75. The summed E-state index contributed by atoms with van der Waals surface area (Å²) in [6.07, 6.45) is 1.73. The number of nitrogens with zero attached hydrogens (tertiary/aromatic N) is 5. The Morgan fingerprint density at radius 2 is 1.77 bits per heavy atom. The summed E-state index contributed by atoms with van der Waals surface area (Å²) >= 11 is 1.50. The minimum atomic E-state index is -0.132. The molecule has 0 aliphatic heterocycles. The smallest absolute Gasteiger partial charge is 0.260 e. The molecule has 2 aromatic carbocycles. The van der Waals surface area contributed by atoms with Gasteiger partial charge in [-0.3, -0.25) is 9.69 Å². The Morgan fingerprint density at radius 3 is 2.52 bits per heavy atom. The maximum Gasteiger partial charge on any atom is 0.260 e. The molecule has 0 spiro atoms. The van der Waals surface area contributed by atoms with E-state index in [9.17, 15) is 4.79 Å². The SMILES string of the molecule is CC(C)n1ncc2c(C(=O)N(C)c3nc4ccccc4s3)cc(-c3ccccc3)nc21. The highest BCUT2D eigenvalue weighted by Crippen LogP contribution is 2.31. The highest BCUT2D eigenvalue weighted by molar-refractivity contribution is 7.22. The number of carbonyl (C=O) groups excluding carboxylic acids is 1. The first-order valence-electron chi connectivity index (χ1n) is 10.1. The summed E-state index contributed by atoms with van der Waals surface area (Å²) in [7, 11) is 1.77. The second-order valence-electron chi connectivity index (χ2n) is 7.67. The van der Waals surface area contributed by atoms with Crippen molar-refractivity contribution in [2.24, 2.45) is 0 Å². The Hall–Kier alpha value is -3.58. The van der Waals surface area contributed by atoms with E-state index in [1.54, 1.807) is 18.1 Å². The molecule has 0 aliphatic rings. The van der Waals surface area contributed by atoms with Crippen LogP contribution in [0.25, 0.3) is 32.5 Å². The number of fused-ring (bicyclic) bond motifs is 2. The molecule has 0 radical (unpaired) electrons. The fourth-order valence-electron chi connectivity index (χ4n) is 3.60. The van der Waals surface area contributed by atoms with Crippen LogP contribution in [0.5, 0.6) is 0 Å². The van der Waals surface area contributed by atoms with E-state index in [4.69, 9.17) is 4.98 Å². The number of hydrogen-bond acceptors (Lipinski definition) is 5. The molecule has 0 aliphatic carbocycles. The lowest BCUT2D eigenvalue weighted by Gasteiger charge is -2.16. The van der Waals surface area contributed by atoms with Crippen LogP contribution in [0.4, 0.5) is 5.13 Å². The topological polar surface area (TPSA) is 63.9 Å². The highest BCUT2D eigenvalue weighted by atomic mass is 32.1. The summed E-state index contributed by atoms with van der Waals surface area (Å²) in [4.78, 5) is 24.7. The quantitative estimate of drug-likeness (QED) is 0.376. The van der Waals surface area contributed by atoms with Gasteiger partial charge in [0.25, 0.3) is 5.91 Å². The Bertz CT molecular complexity index is 1370. The maximum absolute atomic E-state index is 13.6. The summed E-state index contributed by atoms with van der Waals surface area (Å²) in [5.41, 5.74) is 3.86. The highest BCUT2D eigenvalue weighted by Gasteiger charge is 2.23. The molecular weight excluding hydrogens is 406 g/mol. The Morgan fingerprint density at radius 1 is 1.03 bits per heavy atom. The van der Waals surface area contributed by atoms with Crippen molar-refractivity contribution in [1.29, 1.82) is 0 Å². The lowest BCUT2D eigenvalue weighted by atomic mass is 10.1. The number of pyridine rings is 1. The predicted molar refractivity (Wildman–Crippen MR) is 126 cm³/mol. The van der Waals surface area contributed by atoms with Crippen molar-refractivity contribution in [2.75, 3.05) is 11.9 Å². The van der Waals surface area contributed by atoms with Crippen LogP contribution in [0.3, 0.4) is 0 Å². The largest absolute Gasteiger partial charge is 0.287 e. The molecular formula is C24H21N5OS. The molecule has 0 fully saturated rings. The fourth-order valence-corrected chi connectivity index (χ4v) is 4.53. The summed E-state index contributed by atoms with van der Waals surface area (Å²) in [6.45, 7) is 4.11. The zero-order valence-electron chi connectivity index (χ0n) is 17.5. The Balaban J connectivity index is 1.66. The first-order valence-corrected chi connectivity index (χ1v) is 10.9. The molecule has 0 atom stereocenters. The van der Waals surface area contributed by atoms with Crippen molar-refractivity contribution in [3.63, 3.8) is 0 Å². The van der Waals surface area contributed by atoms with Gasteiger partial charge in [0.1, 0.15) is 0 Å². The second-order valence-corrected chi connectivity index (χ2v) is 8.68. The van der Waals surface area contributed by atoms with Crippen LogP contribution in [0.1, 0.15) is 30.2 Å². The summed E-state index contributed by atoms with van der Waals surface area (Å²) in [6, 6.07) is 19.8. The summed E-state index contributed by atoms with van der Waals surface area (Å²) in [5.74, 6) is -0.132. The lowest BCUT2D eigenvalue weighted by Crippen LogP contribution is -2.26. The van der Waals surface area contributed by atoms with Gasteiger partial charge in [-0.15, -0.1) is 0 Å². The monoisotopic (exact) mass is 427 g/mol. The molecule has 0 saturated heterocycles. The number of carbonyl (C=O) groups is 1. The van der Waals surface area contributed by atoms with Gasteiger partial charge in [0.2, 0.25) is 0 Å². The van der Waals surface area contributed by atoms with Gasteiger partial charge in [0.15, 0.2) is 10.8 Å². The molecule has 3 heterocycles. The summed E-state index contributed by atoms with van der Waals surface area (Å²) in [5, 5.41) is 5.91. The third-order valence-electron chi connectivity index (χ3n) is 5.23. The number of amides is 1. The number of rotatable bonds is 4. The number of thiazole rings is 1. The first kappa shape index (κ1) is 19.4. The average Bonchev–Trinajstić information content (AvgIpc) is 3.42. The first-order chi connectivity index (χ1) is 15.0. The van der Waals surface area contributed by atoms with Crippen LogP contribution in [0, 0.1) is 0 Å². The van der Waals surface area contributed by atoms with Gasteiger partial charge >= 0.3 is 0 Å². The molecule has 31 heavy (non-hydrogen) atoms. The van der Waals surface area contributed by atoms with Crippen LogP contribution in [0.15, 0.2) is 66.9 Å². The molecule has 6 nitrogen and oxygen atoms in total. The number of para-hydroxylation sites is 1. The van der Waals surface area contributed by atoms with Crippen LogP contribution >= 0.6 is 11.3 Å². The molecule has 5 rings (SSSR count). The molecule has 3 aromatic heterocycles. The van der Waals surface area contributed by atoms with Gasteiger partial charge in [-0.1, -0.05) is 53.8 Å². The van der Waals surface area contributed by atoms with Gasteiger partial charge in [0, 0.05) is 18.7 Å². The van der Waals surface area contributed by atoms with Crippen LogP contribution in [0.2, 0.25) is 0 Å². The molecule has 0 N–H and O–H groups in total. The molecule has 1 amide bonds.